The van der Waals surface area contributed by atoms with E-state index in [2.05, 4.69) is 103 Å². The van der Waals surface area contributed by atoms with Crippen LogP contribution in [0.4, 0.5) is 0 Å². The van der Waals surface area contributed by atoms with Gasteiger partial charge in [0.1, 0.15) is 0 Å². The first-order valence-electron chi connectivity index (χ1n) is 12.7. The lowest BCUT2D eigenvalue weighted by Gasteiger charge is -2.31. The summed E-state index contributed by atoms with van der Waals surface area (Å²) in [5.74, 6) is 0.296. The van der Waals surface area contributed by atoms with Gasteiger partial charge in [-0.05, 0) is 115 Å². The molecule has 0 aromatic heterocycles. The Bertz CT molecular complexity index is 1800. The van der Waals surface area contributed by atoms with Crippen molar-refractivity contribution in [2.45, 2.75) is 18.8 Å². The quantitative estimate of drug-likeness (QED) is 0.221. The van der Waals surface area contributed by atoms with Crippen LogP contribution in [-0.4, -0.2) is 0 Å². The molecule has 1 atom stereocenters. The highest BCUT2D eigenvalue weighted by molar-refractivity contribution is 6.06. The predicted octanol–water partition coefficient (Wildman–Crippen LogP) is 8.50. The molecule has 0 heterocycles. The van der Waals surface area contributed by atoms with Gasteiger partial charge in [-0.1, -0.05) is 84.9 Å². The zero-order valence-electron chi connectivity index (χ0n) is 19.3. The molecule has 0 nitrogen and oxygen atoms in total. The van der Waals surface area contributed by atoms with E-state index in [1.807, 2.05) is 0 Å². The minimum atomic E-state index is 0.296. The van der Waals surface area contributed by atoms with Crippen molar-refractivity contribution in [3.63, 3.8) is 0 Å². The maximum absolute atomic E-state index is 2.51. The van der Waals surface area contributed by atoms with Gasteiger partial charge in [0, 0.05) is 5.92 Å². The lowest BCUT2D eigenvalue weighted by Crippen LogP contribution is -2.12. The fraction of sp³-hybridized carbons (Fsp3) is 0.0857. The van der Waals surface area contributed by atoms with Gasteiger partial charge in [-0.2, -0.15) is 0 Å². The number of hydrogen-bond acceptors (Lipinski definition) is 0. The summed E-state index contributed by atoms with van der Waals surface area (Å²) in [6, 6.07) is 36.8. The number of hydrogen-bond donors (Lipinski definition) is 0. The molecule has 4 aliphatic carbocycles. The Balaban J connectivity index is 1.40. The molecule has 0 saturated carbocycles. The molecule has 0 amide bonds. The Morgan fingerprint density at radius 1 is 0.486 bits per heavy atom. The van der Waals surface area contributed by atoms with E-state index in [0.29, 0.717) is 5.92 Å². The van der Waals surface area contributed by atoms with Crippen molar-refractivity contribution >= 4 is 11.6 Å². The average Bonchev–Trinajstić information content (AvgIpc) is 3.58. The van der Waals surface area contributed by atoms with E-state index in [4.69, 9.17) is 0 Å². The van der Waals surface area contributed by atoms with Gasteiger partial charge in [-0.25, -0.2) is 0 Å². The number of fused-ring (bicyclic) bond motifs is 15. The molecule has 0 aliphatic heterocycles. The first-order valence-corrected chi connectivity index (χ1v) is 12.7. The second-order valence-electron chi connectivity index (χ2n) is 10.4. The first-order chi connectivity index (χ1) is 17.3. The fourth-order valence-corrected chi connectivity index (χ4v) is 7.30. The highest BCUT2D eigenvalue weighted by Crippen LogP contribution is 2.59. The van der Waals surface area contributed by atoms with E-state index in [1.54, 1.807) is 0 Å². The van der Waals surface area contributed by atoms with Crippen LogP contribution < -0.4 is 0 Å². The molecular formula is C35H22. The zero-order valence-corrected chi connectivity index (χ0v) is 19.3. The van der Waals surface area contributed by atoms with E-state index >= 15 is 0 Å². The highest BCUT2D eigenvalue weighted by Gasteiger charge is 2.39. The summed E-state index contributed by atoms with van der Waals surface area (Å²) in [5.41, 5.74) is 21.7. The Labute approximate surface area is 205 Å². The zero-order chi connectivity index (χ0) is 22.7. The molecular weight excluding hydrogens is 420 g/mol. The van der Waals surface area contributed by atoms with Crippen LogP contribution in [0.3, 0.4) is 0 Å². The fourth-order valence-electron chi connectivity index (χ4n) is 7.30. The number of allylic oxidation sites excluding steroid dienone is 1. The predicted molar refractivity (Wildman–Crippen MR) is 145 cm³/mol. The summed E-state index contributed by atoms with van der Waals surface area (Å²) >= 11 is 0. The minimum Gasteiger partial charge on any atom is -0.0619 e. The van der Waals surface area contributed by atoms with Gasteiger partial charge in [0.2, 0.25) is 0 Å². The topological polar surface area (TPSA) is 0 Å². The standard InChI is InChI=1S/C35H22/c1-4-10-25-20(7-1)16-24-18-30-28-14-13-23-15-21-8-2-5-11-26(21)33(23)35(28)34-27-12-6-3-9-22(27)17-32(34)31(30)19-29(24)25/h1-14,17-19,34H,15-16H2. The summed E-state index contributed by atoms with van der Waals surface area (Å²) < 4.78 is 0. The van der Waals surface area contributed by atoms with Crippen molar-refractivity contribution in [3.05, 3.63) is 142 Å². The lowest BCUT2D eigenvalue weighted by molar-refractivity contribution is 1.05. The van der Waals surface area contributed by atoms with E-state index in [9.17, 15) is 0 Å². The van der Waals surface area contributed by atoms with Crippen LogP contribution in [0.15, 0.2) is 97.1 Å². The SMILES string of the molecule is C1=C2c3cc4c(cc3-c3ccc5c(c3C2c2ccccc21)-c1ccccc1C5)Cc1ccccc1-4. The van der Waals surface area contributed by atoms with Crippen LogP contribution in [0.5, 0.6) is 0 Å². The van der Waals surface area contributed by atoms with E-state index in [1.165, 1.54) is 83.5 Å². The van der Waals surface area contributed by atoms with Crippen molar-refractivity contribution in [2.24, 2.45) is 0 Å². The molecule has 0 fully saturated rings. The van der Waals surface area contributed by atoms with Crippen molar-refractivity contribution < 1.29 is 0 Å². The Hall–Kier alpha value is -4.16. The van der Waals surface area contributed by atoms with Crippen molar-refractivity contribution in [2.75, 3.05) is 0 Å². The van der Waals surface area contributed by atoms with Crippen molar-refractivity contribution in [3.8, 4) is 33.4 Å². The van der Waals surface area contributed by atoms with Gasteiger partial charge >= 0.3 is 0 Å². The summed E-state index contributed by atoms with van der Waals surface area (Å²) in [4.78, 5) is 0. The van der Waals surface area contributed by atoms with Gasteiger partial charge in [0.25, 0.3) is 0 Å². The largest absolute Gasteiger partial charge is 0.0619 e. The smallest absolute Gasteiger partial charge is 0.0364 e. The Kier molecular flexibility index (Phi) is 3.27. The molecule has 0 spiro atoms. The third-order valence-corrected chi connectivity index (χ3v) is 8.75. The van der Waals surface area contributed by atoms with E-state index < -0.39 is 0 Å². The van der Waals surface area contributed by atoms with E-state index in [0.717, 1.165) is 12.8 Å². The molecule has 4 aliphatic rings. The highest BCUT2D eigenvalue weighted by atomic mass is 14.4. The van der Waals surface area contributed by atoms with Crippen LogP contribution in [0.1, 0.15) is 50.4 Å². The molecule has 0 N–H and O–H groups in total. The van der Waals surface area contributed by atoms with Gasteiger partial charge in [0.05, 0.1) is 0 Å². The third-order valence-electron chi connectivity index (χ3n) is 8.75. The van der Waals surface area contributed by atoms with Gasteiger partial charge < -0.3 is 0 Å². The molecule has 0 saturated heterocycles. The molecule has 9 rings (SSSR count). The summed E-state index contributed by atoms with van der Waals surface area (Å²) in [7, 11) is 0. The average molecular weight is 443 g/mol. The maximum Gasteiger partial charge on any atom is 0.0364 e. The normalized spacial score (nSPS) is 16.8. The molecule has 162 valence electrons. The van der Waals surface area contributed by atoms with Crippen molar-refractivity contribution in [1.29, 1.82) is 0 Å². The van der Waals surface area contributed by atoms with Crippen molar-refractivity contribution in [1.82, 2.24) is 0 Å². The maximum atomic E-state index is 2.51. The molecule has 1 unspecified atom stereocenters. The molecule has 35 heavy (non-hydrogen) atoms. The molecule has 0 heteroatoms. The first kappa shape index (κ1) is 18.2. The van der Waals surface area contributed by atoms with Crippen LogP contribution in [-0.2, 0) is 12.8 Å². The van der Waals surface area contributed by atoms with Crippen LogP contribution in [0.2, 0.25) is 0 Å². The van der Waals surface area contributed by atoms with Gasteiger partial charge in [0.15, 0.2) is 0 Å². The van der Waals surface area contributed by atoms with Crippen LogP contribution in [0.25, 0.3) is 45.0 Å². The second-order valence-corrected chi connectivity index (χ2v) is 10.4. The van der Waals surface area contributed by atoms with Gasteiger partial charge in [-0.3, -0.25) is 0 Å². The van der Waals surface area contributed by atoms with Gasteiger partial charge in [-0.15, -0.1) is 0 Å². The third kappa shape index (κ3) is 2.23. The minimum absolute atomic E-state index is 0.296. The monoisotopic (exact) mass is 442 g/mol. The molecule has 5 aromatic carbocycles. The molecule has 5 aromatic rings. The summed E-state index contributed by atoms with van der Waals surface area (Å²) in [5, 5.41) is 0. The molecule has 0 bridgehead atoms. The van der Waals surface area contributed by atoms with Crippen LogP contribution >= 0.6 is 0 Å². The Morgan fingerprint density at radius 2 is 1.23 bits per heavy atom. The Morgan fingerprint density at radius 3 is 2.14 bits per heavy atom. The van der Waals surface area contributed by atoms with E-state index in [-0.39, 0.29) is 0 Å². The molecule has 0 radical (unpaired) electrons. The summed E-state index contributed by atoms with van der Waals surface area (Å²) in [6.45, 7) is 0. The second kappa shape index (κ2) is 6.29. The number of benzene rings is 5. The summed E-state index contributed by atoms with van der Waals surface area (Å²) in [6.07, 6.45) is 4.54. The number of rotatable bonds is 0. The van der Waals surface area contributed by atoms with Crippen LogP contribution in [0, 0.1) is 0 Å². The lowest BCUT2D eigenvalue weighted by atomic mass is 9.71.